The predicted octanol–water partition coefficient (Wildman–Crippen LogP) is 3.57. The van der Waals surface area contributed by atoms with E-state index in [4.69, 9.17) is 0 Å². The van der Waals surface area contributed by atoms with Crippen molar-refractivity contribution in [3.63, 3.8) is 0 Å². The van der Waals surface area contributed by atoms with E-state index in [0.29, 0.717) is 5.82 Å². The van der Waals surface area contributed by atoms with Crippen LogP contribution in [0.15, 0.2) is 36.4 Å². The minimum Gasteiger partial charge on any atom is -0.366 e. The largest absolute Gasteiger partial charge is 0.416 e. The maximum Gasteiger partial charge on any atom is 0.416 e. The molecule has 1 amide bonds. The molecule has 0 aliphatic carbocycles. The second kappa shape index (κ2) is 6.64. The van der Waals surface area contributed by atoms with E-state index in [0.717, 1.165) is 12.1 Å². The van der Waals surface area contributed by atoms with Gasteiger partial charge in [-0.15, -0.1) is 10.2 Å². The lowest BCUT2D eigenvalue weighted by Gasteiger charge is -2.09. The van der Waals surface area contributed by atoms with Gasteiger partial charge < -0.3 is 10.6 Å². The summed E-state index contributed by atoms with van der Waals surface area (Å²) in [4.78, 5) is 12.0. The van der Waals surface area contributed by atoms with Crippen molar-refractivity contribution in [1.82, 2.24) is 10.2 Å². The van der Waals surface area contributed by atoms with Crippen molar-refractivity contribution in [2.75, 3.05) is 10.6 Å². The molecule has 23 heavy (non-hydrogen) atoms. The van der Waals surface area contributed by atoms with E-state index in [1.165, 1.54) is 18.2 Å². The fourth-order valence-corrected chi connectivity index (χ4v) is 1.76. The maximum atomic E-state index is 12.5. The van der Waals surface area contributed by atoms with Crippen molar-refractivity contribution in [1.29, 1.82) is 0 Å². The average Bonchev–Trinajstić information content (AvgIpc) is 2.47. The summed E-state index contributed by atoms with van der Waals surface area (Å²) in [6.45, 7) is 3.87. The summed E-state index contributed by atoms with van der Waals surface area (Å²) in [5.41, 5.74) is -0.465. The van der Waals surface area contributed by atoms with E-state index in [1.807, 2.05) is 13.8 Å². The number of alkyl halides is 3. The van der Waals surface area contributed by atoms with Gasteiger partial charge in [-0.2, -0.15) is 13.2 Å². The summed E-state index contributed by atoms with van der Waals surface area (Å²) < 4.78 is 37.4. The van der Waals surface area contributed by atoms with Gasteiger partial charge in [0.2, 0.25) is 0 Å². The first-order valence-electron chi connectivity index (χ1n) is 6.84. The summed E-state index contributed by atoms with van der Waals surface area (Å²) in [6, 6.07) is 7.43. The van der Waals surface area contributed by atoms with Crippen molar-refractivity contribution >= 4 is 17.4 Å². The molecule has 0 aliphatic heterocycles. The van der Waals surface area contributed by atoms with E-state index in [1.54, 1.807) is 6.07 Å². The highest BCUT2D eigenvalue weighted by atomic mass is 19.4. The first kappa shape index (κ1) is 16.7. The predicted molar refractivity (Wildman–Crippen MR) is 80.2 cm³/mol. The molecule has 0 spiro atoms. The van der Waals surface area contributed by atoms with E-state index < -0.39 is 17.6 Å². The maximum absolute atomic E-state index is 12.5. The van der Waals surface area contributed by atoms with E-state index >= 15 is 0 Å². The van der Waals surface area contributed by atoms with E-state index in [9.17, 15) is 18.0 Å². The highest BCUT2D eigenvalue weighted by molar-refractivity contribution is 6.02. The molecule has 0 fully saturated rings. The van der Waals surface area contributed by atoms with Crippen LogP contribution in [0.25, 0.3) is 0 Å². The zero-order chi connectivity index (χ0) is 17.0. The fraction of sp³-hybridized carbons (Fsp3) is 0.267. The smallest absolute Gasteiger partial charge is 0.366 e. The molecule has 1 aromatic heterocycles. The Morgan fingerprint density at radius 3 is 2.17 bits per heavy atom. The topological polar surface area (TPSA) is 66.9 Å². The van der Waals surface area contributed by atoms with Crippen LogP contribution >= 0.6 is 0 Å². The van der Waals surface area contributed by atoms with Gasteiger partial charge in [0, 0.05) is 11.7 Å². The number of halogens is 3. The first-order chi connectivity index (χ1) is 10.8. The quantitative estimate of drug-likeness (QED) is 0.902. The SMILES string of the molecule is CC(C)Nc1ccc(C(=O)Nc2ccc(C(F)(F)F)cc2)nn1. The molecule has 0 atom stereocenters. The standard InChI is InChI=1S/C15H15F3N4O/c1-9(2)19-13-8-7-12(21-22-13)14(23)20-11-5-3-10(4-6-11)15(16,17)18/h3-9H,1-2H3,(H,19,22)(H,20,23). The summed E-state index contributed by atoms with van der Waals surface area (Å²) in [5, 5.41) is 13.1. The lowest BCUT2D eigenvalue weighted by molar-refractivity contribution is -0.137. The van der Waals surface area contributed by atoms with Crippen LogP contribution in [0.1, 0.15) is 29.9 Å². The molecule has 122 valence electrons. The Morgan fingerprint density at radius 2 is 1.70 bits per heavy atom. The molecule has 0 bridgehead atoms. The summed E-state index contributed by atoms with van der Waals surface area (Å²) >= 11 is 0. The minimum atomic E-state index is -4.41. The van der Waals surface area contributed by atoms with Gasteiger partial charge in [0.25, 0.3) is 5.91 Å². The number of amides is 1. The van der Waals surface area contributed by atoms with Crippen LogP contribution in [-0.4, -0.2) is 22.1 Å². The Morgan fingerprint density at radius 1 is 1.04 bits per heavy atom. The number of hydrogen-bond acceptors (Lipinski definition) is 4. The number of nitrogens with zero attached hydrogens (tertiary/aromatic N) is 2. The molecule has 1 aromatic carbocycles. The molecule has 2 N–H and O–H groups in total. The van der Waals surface area contributed by atoms with Gasteiger partial charge in [-0.25, -0.2) is 0 Å². The lowest BCUT2D eigenvalue weighted by atomic mass is 10.2. The number of rotatable bonds is 4. The molecule has 5 nitrogen and oxygen atoms in total. The van der Waals surface area contributed by atoms with Crippen LogP contribution in [0.3, 0.4) is 0 Å². The normalized spacial score (nSPS) is 11.4. The Balaban J connectivity index is 2.04. The van der Waals surface area contributed by atoms with Crippen LogP contribution < -0.4 is 10.6 Å². The van der Waals surface area contributed by atoms with Gasteiger partial charge in [0.1, 0.15) is 5.82 Å². The van der Waals surface area contributed by atoms with Crippen LogP contribution in [0.2, 0.25) is 0 Å². The van der Waals surface area contributed by atoms with Gasteiger partial charge in [-0.1, -0.05) is 0 Å². The number of aromatic nitrogens is 2. The molecule has 8 heteroatoms. The Labute approximate surface area is 130 Å². The van der Waals surface area contributed by atoms with Gasteiger partial charge in [0.05, 0.1) is 5.56 Å². The molecule has 0 radical (unpaired) electrons. The average molecular weight is 324 g/mol. The first-order valence-corrected chi connectivity index (χ1v) is 6.84. The minimum absolute atomic E-state index is 0.0687. The van der Waals surface area contributed by atoms with Crippen molar-refractivity contribution in [3.8, 4) is 0 Å². The van der Waals surface area contributed by atoms with Crippen molar-refractivity contribution < 1.29 is 18.0 Å². The fourth-order valence-electron chi connectivity index (χ4n) is 1.76. The second-order valence-corrected chi connectivity index (χ2v) is 5.13. The van der Waals surface area contributed by atoms with Crippen LogP contribution in [0.4, 0.5) is 24.7 Å². The van der Waals surface area contributed by atoms with Gasteiger partial charge in [-0.3, -0.25) is 4.79 Å². The lowest BCUT2D eigenvalue weighted by Crippen LogP contribution is -2.16. The number of carbonyl (C=O) groups excluding carboxylic acids is 1. The summed E-state index contributed by atoms with van der Waals surface area (Å²) in [7, 11) is 0. The van der Waals surface area contributed by atoms with Crippen LogP contribution in [0, 0.1) is 0 Å². The van der Waals surface area contributed by atoms with Crippen LogP contribution in [0.5, 0.6) is 0 Å². The van der Waals surface area contributed by atoms with E-state index in [-0.39, 0.29) is 17.4 Å². The number of benzene rings is 1. The van der Waals surface area contributed by atoms with E-state index in [2.05, 4.69) is 20.8 Å². The third kappa shape index (κ3) is 4.67. The third-order valence-corrected chi connectivity index (χ3v) is 2.80. The highest BCUT2D eigenvalue weighted by Crippen LogP contribution is 2.29. The van der Waals surface area contributed by atoms with Crippen molar-refractivity contribution in [2.45, 2.75) is 26.1 Å². The second-order valence-electron chi connectivity index (χ2n) is 5.13. The molecule has 0 aliphatic rings. The van der Waals surface area contributed by atoms with Gasteiger partial charge in [0.15, 0.2) is 5.69 Å². The Kier molecular flexibility index (Phi) is 4.83. The molecule has 0 saturated carbocycles. The van der Waals surface area contributed by atoms with Crippen molar-refractivity contribution in [2.24, 2.45) is 0 Å². The molecular formula is C15H15F3N4O. The molecule has 2 aromatic rings. The molecule has 0 unspecified atom stereocenters. The summed E-state index contributed by atoms with van der Waals surface area (Å²) in [5.74, 6) is -0.0144. The molecular weight excluding hydrogens is 309 g/mol. The Bertz CT molecular complexity index is 667. The molecule has 1 heterocycles. The van der Waals surface area contributed by atoms with Crippen LogP contribution in [-0.2, 0) is 6.18 Å². The molecule has 2 rings (SSSR count). The monoisotopic (exact) mass is 324 g/mol. The third-order valence-electron chi connectivity index (χ3n) is 2.80. The zero-order valence-electron chi connectivity index (χ0n) is 12.5. The number of carbonyl (C=O) groups is 1. The van der Waals surface area contributed by atoms with Gasteiger partial charge >= 0.3 is 6.18 Å². The number of nitrogens with one attached hydrogen (secondary N) is 2. The number of anilines is 2. The van der Waals surface area contributed by atoms with Gasteiger partial charge in [-0.05, 0) is 50.2 Å². The Hall–Kier alpha value is -2.64. The number of hydrogen-bond donors (Lipinski definition) is 2. The highest BCUT2D eigenvalue weighted by Gasteiger charge is 2.30. The van der Waals surface area contributed by atoms with Crippen molar-refractivity contribution in [3.05, 3.63) is 47.7 Å². The zero-order valence-corrected chi connectivity index (χ0v) is 12.5. The summed E-state index contributed by atoms with van der Waals surface area (Å²) in [6.07, 6.45) is -4.41. The molecule has 0 saturated heterocycles.